The molecule has 2 aromatic carbocycles. The zero-order chi connectivity index (χ0) is 23.3. The number of aryl methyl sites for hydroxylation is 1. The second kappa shape index (κ2) is 10.5. The quantitative estimate of drug-likeness (QED) is 0.619. The van der Waals surface area contributed by atoms with Crippen LogP contribution in [0.2, 0.25) is 0 Å². The van der Waals surface area contributed by atoms with Crippen LogP contribution >= 0.6 is 0 Å². The van der Waals surface area contributed by atoms with Gasteiger partial charge >= 0.3 is 0 Å². The minimum Gasteiger partial charge on any atom is -0.351 e. The van der Waals surface area contributed by atoms with E-state index in [-0.39, 0.29) is 23.9 Å². The maximum absolute atomic E-state index is 13.8. The van der Waals surface area contributed by atoms with E-state index in [0.29, 0.717) is 6.42 Å². The third kappa shape index (κ3) is 5.31. The summed E-state index contributed by atoms with van der Waals surface area (Å²) in [6.07, 6.45) is 10.5. The minimum absolute atomic E-state index is 0.00230. The average molecular weight is 447 g/mol. The fourth-order valence-corrected chi connectivity index (χ4v) is 5.66. The summed E-state index contributed by atoms with van der Waals surface area (Å²) in [5.41, 5.74) is 2.09. The summed E-state index contributed by atoms with van der Waals surface area (Å²) in [6.45, 7) is 4.06. The summed E-state index contributed by atoms with van der Waals surface area (Å²) >= 11 is 0. The highest BCUT2D eigenvalue weighted by atomic mass is 16.2. The predicted octanol–water partition coefficient (Wildman–Crippen LogP) is 5.69. The van der Waals surface area contributed by atoms with E-state index in [0.717, 1.165) is 36.8 Å². The van der Waals surface area contributed by atoms with Gasteiger partial charge in [-0.2, -0.15) is 0 Å². The molecule has 2 aromatic rings. The normalized spacial score (nSPS) is 22.7. The highest BCUT2D eigenvalue weighted by Crippen LogP contribution is 2.34. The summed E-state index contributed by atoms with van der Waals surface area (Å²) in [5, 5.41) is 3.37. The molecule has 1 saturated carbocycles. The fraction of sp³-hybridized carbons (Fsp3) is 0.517. The van der Waals surface area contributed by atoms with Gasteiger partial charge in [0.15, 0.2) is 0 Å². The molecule has 0 unspecified atom stereocenters. The summed E-state index contributed by atoms with van der Waals surface area (Å²) in [6, 6.07) is 18.3. The molecule has 0 bridgehead atoms. The molecule has 4 heteroatoms. The van der Waals surface area contributed by atoms with Gasteiger partial charge in [-0.05, 0) is 56.7 Å². The minimum atomic E-state index is -0.885. The second-order valence-corrected chi connectivity index (χ2v) is 10.2. The lowest BCUT2D eigenvalue weighted by Crippen LogP contribution is -2.65. The van der Waals surface area contributed by atoms with Gasteiger partial charge in [0.25, 0.3) is 5.91 Å². The fourth-order valence-electron chi connectivity index (χ4n) is 5.66. The number of hydrogen-bond donors (Lipinski definition) is 1. The van der Waals surface area contributed by atoms with E-state index in [9.17, 15) is 9.59 Å². The SMILES string of the molecule is C[C@H](CCc1ccccc1)N1C(=O)c2ccccc2C[C@@]1(C)C(=O)NC1CCCCCCC1. The van der Waals surface area contributed by atoms with Crippen LogP contribution in [-0.4, -0.2) is 34.3 Å². The molecule has 0 spiro atoms. The molecule has 1 aliphatic carbocycles. The lowest BCUT2D eigenvalue weighted by atomic mass is 9.81. The first kappa shape index (κ1) is 23.5. The average Bonchev–Trinajstić information content (AvgIpc) is 2.80. The molecule has 2 amide bonds. The van der Waals surface area contributed by atoms with Crippen LogP contribution in [0.4, 0.5) is 0 Å². The van der Waals surface area contributed by atoms with E-state index in [1.165, 1.54) is 37.7 Å². The van der Waals surface area contributed by atoms with Crippen LogP contribution in [0.1, 0.15) is 86.7 Å². The third-order valence-corrected chi connectivity index (χ3v) is 7.60. The molecular formula is C29H38N2O2. The lowest BCUT2D eigenvalue weighted by molar-refractivity contribution is -0.133. The van der Waals surface area contributed by atoms with Crippen LogP contribution in [0.3, 0.4) is 0 Å². The number of carbonyl (C=O) groups is 2. The van der Waals surface area contributed by atoms with E-state index >= 15 is 0 Å². The first-order valence-corrected chi connectivity index (χ1v) is 12.8. The number of nitrogens with zero attached hydrogens (tertiary/aromatic N) is 1. The van der Waals surface area contributed by atoms with Gasteiger partial charge in [-0.3, -0.25) is 9.59 Å². The first-order chi connectivity index (χ1) is 16.0. The number of hydrogen-bond acceptors (Lipinski definition) is 2. The Morgan fingerprint density at radius 2 is 1.64 bits per heavy atom. The molecule has 33 heavy (non-hydrogen) atoms. The van der Waals surface area contributed by atoms with Crippen molar-refractivity contribution >= 4 is 11.8 Å². The summed E-state index contributed by atoms with van der Waals surface area (Å²) < 4.78 is 0. The van der Waals surface area contributed by atoms with Gasteiger partial charge in [0.05, 0.1) is 0 Å². The van der Waals surface area contributed by atoms with E-state index in [1.54, 1.807) is 0 Å². The molecule has 1 fully saturated rings. The van der Waals surface area contributed by atoms with Crippen molar-refractivity contribution in [3.05, 3.63) is 71.3 Å². The van der Waals surface area contributed by atoms with E-state index < -0.39 is 5.54 Å². The highest BCUT2D eigenvalue weighted by Gasteiger charge is 2.48. The third-order valence-electron chi connectivity index (χ3n) is 7.60. The predicted molar refractivity (Wildman–Crippen MR) is 133 cm³/mol. The van der Waals surface area contributed by atoms with Crippen LogP contribution in [0.5, 0.6) is 0 Å². The molecule has 2 aliphatic rings. The van der Waals surface area contributed by atoms with Gasteiger partial charge in [0.2, 0.25) is 5.91 Å². The lowest BCUT2D eigenvalue weighted by Gasteiger charge is -2.47. The monoisotopic (exact) mass is 446 g/mol. The summed E-state index contributed by atoms with van der Waals surface area (Å²) in [7, 11) is 0. The van der Waals surface area contributed by atoms with Crippen molar-refractivity contribution < 1.29 is 9.59 Å². The van der Waals surface area contributed by atoms with Crippen LogP contribution in [-0.2, 0) is 17.6 Å². The smallest absolute Gasteiger partial charge is 0.255 e. The molecule has 2 atom stereocenters. The Morgan fingerprint density at radius 1 is 1.00 bits per heavy atom. The van der Waals surface area contributed by atoms with Gasteiger partial charge in [-0.25, -0.2) is 0 Å². The van der Waals surface area contributed by atoms with Crippen molar-refractivity contribution in [2.24, 2.45) is 0 Å². The molecule has 0 radical (unpaired) electrons. The molecule has 0 saturated heterocycles. The maximum atomic E-state index is 13.8. The molecular weight excluding hydrogens is 408 g/mol. The second-order valence-electron chi connectivity index (χ2n) is 10.2. The van der Waals surface area contributed by atoms with E-state index in [1.807, 2.05) is 42.2 Å². The zero-order valence-corrected chi connectivity index (χ0v) is 20.2. The highest BCUT2D eigenvalue weighted by molar-refractivity contribution is 6.02. The topological polar surface area (TPSA) is 49.4 Å². The summed E-state index contributed by atoms with van der Waals surface area (Å²) in [4.78, 5) is 29.4. The van der Waals surface area contributed by atoms with Crippen LogP contribution < -0.4 is 5.32 Å². The van der Waals surface area contributed by atoms with Gasteiger partial charge < -0.3 is 10.2 Å². The molecule has 0 aromatic heterocycles. The molecule has 1 heterocycles. The number of benzene rings is 2. The standard InChI is InChI=1S/C29H38N2O2/c1-22(19-20-23-13-7-6-8-14-23)31-27(32)26-18-12-11-15-24(26)21-29(31,2)28(33)30-25-16-9-4-3-5-10-17-25/h6-8,11-15,18,22,25H,3-5,9-10,16-17,19-21H2,1-2H3,(H,30,33)/t22-,29+/m1/s1. The van der Waals surface area contributed by atoms with Gasteiger partial charge in [-0.15, -0.1) is 0 Å². The summed E-state index contributed by atoms with van der Waals surface area (Å²) in [5.74, 6) is -0.0183. The first-order valence-electron chi connectivity index (χ1n) is 12.8. The van der Waals surface area contributed by atoms with Crippen molar-refractivity contribution in [1.29, 1.82) is 0 Å². The van der Waals surface area contributed by atoms with Crippen LogP contribution in [0.25, 0.3) is 0 Å². The Morgan fingerprint density at radius 3 is 2.36 bits per heavy atom. The molecule has 1 aliphatic heterocycles. The number of fused-ring (bicyclic) bond motifs is 1. The Bertz CT molecular complexity index is 949. The largest absolute Gasteiger partial charge is 0.351 e. The zero-order valence-electron chi connectivity index (χ0n) is 20.2. The maximum Gasteiger partial charge on any atom is 0.255 e. The molecule has 4 rings (SSSR count). The number of carbonyl (C=O) groups excluding carboxylic acids is 2. The van der Waals surface area contributed by atoms with Crippen LogP contribution in [0, 0.1) is 0 Å². The van der Waals surface area contributed by atoms with E-state index in [4.69, 9.17) is 0 Å². The molecule has 1 N–H and O–H groups in total. The van der Waals surface area contributed by atoms with E-state index in [2.05, 4.69) is 36.5 Å². The van der Waals surface area contributed by atoms with Gasteiger partial charge in [0.1, 0.15) is 5.54 Å². The van der Waals surface area contributed by atoms with Gasteiger partial charge in [0, 0.05) is 24.1 Å². The Balaban J connectivity index is 1.57. The van der Waals surface area contributed by atoms with Gasteiger partial charge in [-0.1, -0.05) is 80.6 Å². The van der Waals surface area contributed by atoms with Crippen LogP contribution in [0.15, 0.2) is 54.6 Å². The van der Waals surface area contributed by atoms with Crippen molar-refractivity contribution in [3.8, 4) is 0 Å². The Kier molecular flexibility index (Phi) is 7.52. The van der Waals surface area contributed by atoms with Crippen molar-refractivity contribution in [1.82, 2.24) is 10.2 Å². The van der Waals surface area contributed by atoms with Crippen molar-refractivity contribution in [2.75, 3.05) is 0 Å². The molecule has 176 valence electrons. The molecule has 4 nitrogen and oxygen atoms in total. The Labute approximate surface area is 198 Å². The number of rotatable bonds is 6. The number of nitrogens with one attached hydrogen (secondary N) is 1. The number of amides is 2. The van der Waals surface area contributed by atoms with Crippen molar-refractivity contribution in [2.45, 2.75) is 95.7 Å². The Hall–Kier alpha value is -2.62. The van der Waals surface area contributed by atoms with Crippen molar-refractivity contribution in [3.63, 3.8) is 0 Å².